The Kier molecular flexibility index (Phi) is 2.84. The monoisotopic (exact) mass is 282 g/mol. The lowest BCUT2D eigenvalue weighted by Crippen LogP contribution is -1.99. The molecule has 2 nitrogen and oxygen atoms in total. The fraction of sp³-hybridized carbons (Fsp3) is 0.250. The van der Waals surface area contributed by atoms with Crippen LogP contribution in [0, 0.1) is 5.82 Å². The normalized spacial score (nSPS) is 11.3. The standard InChI is InChI=1S/C12H12BrFN2/c1-6(2)10-5-9(15)11-8(14)4-3-7(13)12(11)16-10/h3-6H,1-2H3,(H2,15,16). The zero-order valence-electron chi connectivity index (χ0n) is 9.09. The Hall–Kier alpha value is -1.16. The molecule has 2 aromatic rings. The Bertz CT molecular complexity index is 552. The van der Waals surface area contributed by atoms with Gasteiger partial charge in [0.25, 0.3) is 0 Å². The molecule has 4 heteroatoms. The number of halogens is 2. The Balaban J connectivity index is 2.86. The third-order valence-corrected chi connectivity index (χ3v) is 3.14. The summed E-state index contributed by atoms with van der Waals surface area (Å²) in [5.74, 6) is -0.0691. The average Bonchev–Trinajstić information content (AvgIpc) is 2.22. The van der Waals surface area contributed by atoms with Gasteiger partial charge in [0.2, 0.25) is 0 Å². The number of rotatable bonds is 1. The highest BCUT2D eigenvalue weighted by Gasteiger charge is 2.12. The van der Waals surface area contributed by atoms with E-state index in [0.29, 0.717) is 16.6 Å². The minimum absolute atomic E-state index is 0.266. The van der Waals surface area contributed by atoms with Crippen LogP contribution in [-0.2, 0) is 0 Å². The Morgan fingerprint density at radius 3 is 2.69 bits per heavy atom. The molecule has 1 aromatic heterocycles. The summed E-state index contributed by atoms with van der Waals surface area (Å²) in [6, 6.07) is 4.77. The third-order valence-electron chi connectivity index (χ3n) is 2.50. The SMILES string of the molecule is CC(C)c1cc(N)c2c(F)ccc(Br)c2n1. The number of pyridine rings is 1. The topological polar surface area (TPSA) is 38.9 Å². The van der Waals surface area contributed by atoms with Crippen LogP contribution in [-0.4, -0.2) is 4.98 Å². The molecule has 0 unspecified atom stereocenters. The number of anilines is 1. The van der Waals surface area contributed by atoms with E-state index in [9.17, 15) is 4.39 Å². The highest BCUT2D eigenvalue weighted by molar-refractivity contribution is 9.10. The second-order valence-electron chi connectivity index (χ2n) is 4.04. The molecule has 0 amide bonds. The van der Waals surface area contributed by atoms with Gasteiger partial charge in [-0.05, 0) is 40.0 Å². The molecule has 0 saturated carbocycles. The lowest BCUT2D eigenvalue weighted by molar-refractivity contribution is 0.639. The van der Waals surface area contributed by atoms with Gasteiger partial charge in [0, 0.05) is 15.9 Å². The van der Waals surface area contributed by atoms with Crippen molar-refractivity contribution < 1.29 is 4.39 Å². The van der Waals surface area contributed by atoms with Crippen molar-refractivity contribution in [2.75, 3.05) is 5.73 Å². The Morgan fingerprint density at radius 1 is 1.38 bits per heavy atom. The zero-order valence-corrected chi connectivity index (χ0v) is 10.7. The maximum absolute atomic E-state index is 13.6. The second kappa shape index (κ2) is 4.01. The van der Waals surface area contributed by atoms with E-state index in [-0.39, 0.29) is 11.7 Å². The van der Waals surface area contributed by atoms with Crippen LogP contribution in [0.2, 0.25) is 0 Å². The van der Waals surface area contributed by atoms with Crippen LogP contribution in [0.15, 0.2) is 22.7 Å². The van der Waals surface area contributed by atoms with Crippen LogP contribution in [0.4, 0.5) is 10.1 Å². The van der Waals surface area contributed by atoms with Crippen LogP contribution in [0.25, 0.3) is 10.9 Å². The maximum Gasteiger partial charge on any atom is 0.134 e. The molecule has 2 N–H and O–H groups in total. The molecule has 0 aliphatic rings. The maximum atomic E-state index is 13.6. The van der Waals surface area contributed by atoms with Gasteiger partial charge in [0.15, 0.2) is 0 Å². The zero-order chi connectivity index (χ0) is 11.9. The van der Waals surface area contributed by atoms with Crippen molar-refractivity contribution in [1.29, 1.82) is 0 Å². The van der Waals surface area contributed by atoms with Crippen LogP contribution in [0.1, 0.15) is 25.5 Å². The molecular formula is C12H12BrFN2. The van der Waals surface area contributed by atoms with E-state index in [1.165, 1.54) is 6.07 Å². The predicted octanol–water partition coefficient (Wildman–Crippen LogP) is 3.84. The first kappa shape index (κ1) is 11.3. The molecule has 84 valence electrons. The molecule has 0 fully saturated rings. The van der Waals surface area contributed by atoms with Crippen LogP contribution >= 0.6 is 15.9 Å². The van der Waals surface area contributed by atoms with Gasteiger partial charge >= 0.3 is 0 Å². The molecule has 1 aromatic carbocycles. The van der Waals surface area contributed by atoms with Gasteiger partial charge in [-0.25, -0.2) is 4.39 Å². The van der Waals surface area contributed by atoms with Crippen molar-refractivity contribution >= 4 is 32.5 Å². The van der Waals surface area contributed by atoms with Gasteiger partial charge in [-0.1, -0.05) is 13.8 Å². The molecule has 16 heavy (non-hydrogen) atoms. The summed E-state index contributed by atoms with van der Waals surface area (Å²) in [5.41, 5.74) is 7.76. The number of fused-ring (bicyclic) bond motifs is 1. The number of hydrogen-bond donors (Lipinski definition) is 1. The van der Waals surface area contributed by atoms with Gasteiger partial charge in [0.05, 0.1) is 10.9 Å². The first-order chi connectivity index (χ1) is 7.50. The fourth-order valence-electron chi connectivity index (χ4n) is 1.61. The summed E-state index contributed by atoms with van der Waals surface area (Å²) in [5, 5.41) is 0.388. The summed E-state index contributed by atoms with van der Waals surface area (Å²) >= 11 is 3.36. The molecule has 2 rings (SSSR count). The summed E-state index contributed by atoms with van der Waals surface area (Å²) in [6.45, 7) is 4.06. The molecule has 0 radical (unpaired) electrons. The minimum Gasteiger partial charge on any atom is -0.398 e. The highest BCUT2D eigenvalue weighted by atomic mass is 79.9. The van der Waals surface area contributed by atoms with Crippen LogP contribution in [0.3, 0.4) is 0 Å². The summed E-state index contributed by atoms with van der Waals surface area (Å²) in [6.07, 6.45) is 0. The first-order valence-electron chi connectivity index (χ1n) is 5.05. The second-order valence-corrected chi connectivity index (χ2v) is 4.90. The van der Waals surface area contributed by atoms with Gasteiger partial charge in [-0.3, -0.25) is 4.98 Å². The lowest BCUT2D eigenvalue weighted by Gasteiger charge is -2.10. The van der Waals surface area contributed by atoms with Crippen molar-refractivity contribution in [2.24, 2.45) is 0 Å². The lowest BCUT2D eigenvalue weighted by atomic mass is 10.1. The number of nitrogen functional groups attached to an aromatic ring is 1. The van der Waals surface area contributed by atoms with E-state index in [1.807, 2.05) is 13.8 Å². The van der Waals surface area contributed by atoms with E-state index < -0.39 is 0 Å². The van der Waals surface area contributed by atoms with Crippen molar-refractivity contribution in [2.45, 2.75) is 19.8 Å². The largest absolute Gasteiger partial charge is 0.398 e. The number of nitrogens with two attached hydrogens (primary N) is 1. The van der Waals surface area contributed by atoms with E-state index in [1.54, 1.807) is 12.1 Å². The molecule has 0 aliphatic heterocycles. The summed E-state index contributed by atoms with van der Waals surface area (Å²) in [7, 11) is 0. The van der Waals surface area contributed by atoms with Crippen molar-refractivity contribution in [1.82, 2.24) is 4.98 Å². The predicted molar refractivity (Wildman–Crippen MR) is 67.9 cm³/mol. The van der Waals surface area contributed by atoms with E-state index >= 15 is 0 Å². The quantitative estimate of drug-likeness (QED) is 0.863. The average molecular weight is 283 g/mol. The number of benzene rings is 1. The van der Waals surface area contributed by atoms with Crippen molar-refractivity contribution in [3.05, 3.63) is 34.2 Å². The molecule has 0 saturated heterocycles. The van der Waals surface area contributed by atoms with Crippen molar-refractivity contribution in [3.63, 3.8) is 0 Å². The number of nitrogens with zero attached hydrogens (tertiary/aromatic N) is 1. The highest BCUT2D eigenvalue weighted by Crippen LogP contribution is 2.31. The van der Waals surface area contributed by atoms with E-state index in [2.05, 4.69) is 20.9 Å². The Labute approximate surface area is 102 Å². The molecule has 0 bridgehead atoms. The molecular weight excluding hydrogens is 271 g/mol. The fourth-order valence-corrected chi connectivity index (χ4v) is 2.03. The molecule has 0 spiro atoms. The molecule has 0 aliphatic carbocycles. The smallest absolute Gasteiger partial charge is 0.134 e. The van der Waals surface area contributed by atoms with Crippen LogP contribution in [0.5, 0.6) is 0 Å². The van der Waals surface area contributed by atoms with Crippen molar-refractivity contribution in [3.8, 4) is 0 Å². The third kappa shape index (κ3) is 1.78. The summed E-state index contributed by atoms with van der Waals surface area (Å²) in [4.78, 5) is 4.43. The van der Waals surface area contributed by atoms with Crippen LogP contribution < -0.4 is 5.73 Å². The van der Waals surface area contributed by atoms with E-state index in [0.717, 1.165) is 10.2 Å². The van der Waals surface area contributed by atoms with Gasteiger partial charge < -0.3 is 5.73 Å². The number of aromatic nitrogens is 1. The molecule has 1 heterocycles. The molecule has 0 atom stereocenters. The van der Waals surface area contributed by atoms with Gasteiger partial charge in [0.1, 0.15) is 5.82 Å². The Morgan fingerprint density at radius 2 is 2.06 bits per heavy atom. The van der Waals surface area contributed by atoms with Gasteiger partial charge in [-0.2, -0.15) is 0 Å². The number of hydrogen-bond acceptors (Lipinski definition) is 2. The van der Waals surface area contributed by atoms with E-state index in [4.69, 9.17) is 5.73 Å². The summed E-state index contributed by atoms with van der Waals surface area (Å²) < 4.78 is 14.4. The minimum atomic E-state index is -0.335. The first-order valence-corrected chi connectivity index (χ1v) is 5.84. The van der Waals surface area contributed by atoms with Gasteiger partial charge in [-0.15, -0.1) is 0 Å².